The molecule has 0 radical (unpaired) electrons. The molecule has 0 aliphatic heterocycles. The average molecular weight is 202 g/mol. The lowest BCUT2D eigenvalue weighted by molar-refractivity contribution is -0.420. The average Bonchev–Trinajstić information content (AvgIpc) is 2.04. The van der Waals surface area contributed by atoms with Crippen molar-refractivity contribution in [3.05, 3.63) is 17.8 Å². The molecule has 0 spiro atoms. The van der Waals surface area contributed by atoms with Gasteiger partial charge in [-0.15, -0.1) is 5.10 Å². The molecule has 1 aromatic rings. The maximum Gasteiger partial charge on any atom is 0.454 e. The van der Waals surface area contributed by atoms with E-state index in [1.807, 2.05) is 13.8 Å². The SMILES string of the molecule is CC.Cc1cnnc(OC(O)(O)O)c1. The Balaban J connectivity index is 0.000000791. The van der Waals surface area contributed by atoms with Crippen molar-refractivity contribution in [2.75, 3.05) is 0 Å². The van der Waals surface area contributed by atoms with Crippen molar-refractivity contribution in [1.82, 2.24) is 10.2 Å². The molecule has 80 valence electrons. The summed E-state index contributed by atoms with van der Waals surface area (Å²) in [5.74, 6) is -0.164. The Morgan fingerprint density at radius 3 is 2.29 bits per heavy atom. The van der Waals surface area contributed by atoms with Gasteiger partial charge in [-0.3, -0.25) is 0 Å². The molecule has 0 atom stereocenters. The summed E-state index contributed by atoms with van der Waals surface area (Å²) in [5.41, 5.74) is 0.726. The summed E-state index contributed by atoms with van der Waals surface area (Å²) in [6, 6.07) is 1.39. The largest absolute Gasteiger partial charge is 0.454 e. The van der Waals surface area contributed by atoms with Crippen LogP contribution in [0.4, 0.5) is 0 Å². The van der Waals surface area contributed by atoms with Gasteiger partial charge in [0.1, 0.15) is 0 Å². The first-order valence-electron chi connectivity index (χ1n) is 4.13. The van der Waals surface area contributed by atoms with E-state index in [0.29, 0.717) is 0 Å². The molecule has 1 aromatic heterocycles. The highest BCUT2D eigenvalue weighted by atomic mass is 16.9. The van der Waals surface area contributed by atoms with Crippen LogP contribution in [0.2, 0.25) is 0 Å². The fraction of sp³-hybridized carbons (Fsp3) is 0.500. The first-order chi connectivity index (χ1) is 6.47. The molecule has 0 saturated heterocycles. The summed E-state index contributed by atoms with van der Waals surface area (Å²) in [6.45, 7) is 5.72. The first-order valence-corrected chi connectivity index (χ1v) is 4.13. The quantitative estimate of drug-likeness (QED) is 0.574. The number of aliphatic hydroxyl groups is 3. The van der Waals surface area contributed by atoms with Gasteiger partial charge in [0.15, 0.2) is 0 Å². The maximum absolute atomic E-state index is 8.38. The molecule has 0 aliphatic carbocycles. The summed E-state index contributed by atoms with van der Waals surface area (Å²) >= 11 is 0. The number of hydrogen-bond acceptors (Lipinski definition) is 6. The van der Waals surface area contributed by atoms with Crippen molar-refractivity contribution in [3.63, 3.8) is 0 Å². The molecule has 0 aromatic carbocycles. The van der Waals surface area contributed by atoms with E-state index >= 15 is 0 Å². The molecule has 0 fully saturated rings. The summed E-state index contributed by atoms with van der Waals surface area (Å²) < 4.78 is 4.18. The number of aromatic nitrogens is 2. The molecular formula is C8H14N2O4. The van der Waals surface area contributed by atoms with Gasteiger partial charge in [-0.05, 0) is 12.5 Å². The minimum absolute atomic E-state index is 0.164. The molecule has 0 saturated carbocycles. The number of ether oxygens (including phenoxy) is 1. The fourth-order valence-electron chi connectivity index (χ4n) is 0.628. The van der Waals surface area contributed by atoms with Gasteiger partial charge >= 0.3 is 6.16 Å². The summed E-state index contributed by atoms with van der Waals surface area (Å²) in [5, 5.41) is 32.0. The summed E-state index contributed by atoms with van der Waals surface area (Å²) in [6.07, 6.45) is -1.75. The first kappa shape index (κ1) is 12.8. The Hall–Kier alpha value is -1.24. The zero-order valence-electron chi connectivity index (χ0n) is 8.30. The number of nitrogens with zero attached hydrogens (tertiary/aromatic N) is 2. The van der Waals surface area contributed by atoms with Crippen LogP contribution in [0.5, 0.6) is 5.88 Å². The summed E-state index contributed by atoms with van der Waals surface area (Å²) in [7, 11) is 0. The molecule has 1 heterocycles. The second kappa shape index (κ2) is 5.48. The van der Waals surface area contributed by atoms with Gasteiger partial charge in [-0.2, -0.15) is 5.10 Å². The van der Waals surface area contributed by atoms with E-state index < -0.39 is 6.16 Å². The van der Waals surface area contributed by atoms with Crippen LogP contribution in [0.15, 0.2) is 12.3 Å². The lowest BCUT2D eigenvalue weighted by Crippen LogP contribution is -2.35. The normalized spacial score (nSPS) is 10.1. The highest BCUT2D eigenvalue weighted by Gasteiger charge is 2.21. The second-order valence-electron chi connectivity index (χ2n) is 2.25. The molecule has 14 heavy (non-hydrogen) atoms. The third kappa shape index (κ3) is 5.41. The van der Waals surface area contributed by atoms with Crippen LogP contribution >= 0.6 is 0 Å². The van der Waals surface area contributed by atoms with Crippen molar-refractivity contribution in [2.24, 2.45) is 0 Å². The van der Waals surface area contributed by atoms with E-state index in [9.17, 15) is 0 Å². The molecule has 6 heteroatoms. The maximum atomic E-state index is 8.38. The minimum Gasteiger partial charge on any atom is -0.397 e. The standard InChI is InChI=1S/C6H8N2O4.C2H6/c1-4-2-5(8-7-3-4)12-6(9,10)11;1-2/h2-3,9-11H,1H3;1-2H3. The zero-order valence-corrected chi connectivity index (χ0v) is 8.30. The lowest BCUT2D eigenvalue weighted by atomic mass is 10.3. The number of hydrogen-bond donors (Lipinski definition) is 3. The van der Waals surface area contributed by atoms with Crippen LogP contribution in [0.3, 0.4) is 0 Å². The third-order valence-corrected chi connectivity index (χ3v) is 1.01. The number of rotatable bonds is 2. The van der Waals surface area contributed by atoms with Crippen LogP contribution in [0.1, 0.15) is 19.4 Å². The Labute approximate surface area is 81.8 Å². The highest BCUT2D eigenvalue weighted by molar-refractivity contribution is 5.14. The van der Waals surface area contributed by atoms with E-state index in [-0.39, 0.29) is 5.88 Å². The summed E-state index contributed by atoms with van der Waals surface area (Å²) in [4.78, 5) is 0. The number of aryl methyl sites for hydroxylation is 1. The fourth-order valence-corrected chi connectivity index (χ4v) is 0.628. The van der Waals surface area contributed by atoms with E-state index in [0.717, 1.165) is 5.56 Å². The van der Waals surface area contributed by atoms with Crippen LogP contribution in [0.25, 0.3) is 0 Å². The van der Waals surface area contributed by atoms with E-state index in [4.69, 9.17) is 15.3 Å². The topological polar surface area (TPSA) is 95.7 Å². The predicted octanol–water partition coefficient (Wildman–Crippen LogP) is -0.222. The predicted molar refractivity (Wildman–Crippen MR) is 48.1 cm³/mol. The molecule has 3 N–H and O–H groups in total. The van der Waals surface area contributed by atoms with Crippen molar-refractivity contribution in [3.8, 4) is 5.88 Å². The van der Waals surface area contributed by atoms with E-state index in [1.54, 1.807) is 6.92 Å². The molecule has 0 unspecified atom stereocenters. The van der Waals surface area contributed by atoms with Gasteiger partial charge in [0.25, 0.3) is 0 Å². The van der Waals surface area contributed by atoms with Crippen molar-refractivity contribution in [1.29, 1.82) is 0 Å². The molecule has 0 amide bonds. The van der Waals surface area contributed by atoms with Crippen LogP contribution in [-0.2, 0) is 0 Å². The van der Waals surface area contributed by atoms with Gasteiger partial charge < -0.3 is 20.1 Å². The van der Waals surface area contributed by atoms with Gasteiger partial charge in [-0.1, -0.05) is 13.8 Å². The van der Waals surface area contributed by atoms with Crippen molar-refractivity contribution >= 4 is 0 Å². The van der Waals surface area contributed by atoms with Crippen LogP contribution < -0.4 is 4.74 Å². The van der Waals surface area contributed by atoms with Crippen LogP contribution in [0, 0.1) is 6.92 Å². The second-order valence-corrected chi connectivity index (χ2v) is 2.25. The Morgan fingerprint density at radius 2 is 1.86 bits per heavy atom. The lowest BCUT2D eigenvalue weighted by Gasteiger charge is -2.13. The Morgan fingerprint density at radius 1 is 1.29 bits per heavy atom. The van der Waals surface area contributed by atoms with Gasteiger partial charge in [0, 0.05) is 6.07 Å². The third-order valence-electron chi connectivity index (χ3n) is 1.01. The molecule has 6 nitrogen and oxygen atoms in total. The molecular weight excluding hydrogens is 188 g/mol. The van der Waals surface area contributed by atoms with Gasteiger partial charge in [0.2, 0.25) is 5.88 Å². The Bertz CT molecular complexity index is 272. The van der Waals surface area contributed by atoms with Crippen LogP contribution in [-0.4, -0.2) is 31.7 Å². The highest BCUT2D eigenvalue weighted by Crippen LogP contribution is 2.09. The molecule has 0 bridgehead atoms. The Kier molecular flexibility index (Phi) is 5.00. The van der Waals surface area contributed by atoms with Crippen molar-refractivity contribution < 1.29 is 20.1 Å². The van der Waals surface area contributed by atoms with E-state index in [2.05, 4.69) is 14.9 Å². The van der Waals surface area contributed by atoms with Crippen molar-refractivity contribution in [2.45, 2.75) is 26.9 Å². The van der Waals surface area contributed by atoms with Gasteiger partial charge in [-0.25, -0.2) is 0 Å². The zero-order chi connectivity index (χ0) is 11.2. The smallest absolute Gasteiger partial charge is 0.397 e. The van der Waals surface area contributed by atoms with E-state index in [1.165, 1.54) is 12.3 Å². The molecule has 0 aliphatic rings. The molecule has 1 rings (SSSR count). The monoisotopic (exact) mass is 202 g/mol. The van der Waals surface area contributed by atoms with Gasteiger partial charge in [0.05, 0.1) is 6.20 Å². The minimum atomic E-state index is -3.21.